The summed E-state index contributed by atoms with van der Waals surface area (Å²) in [5, 5.41) is 0. The molecule has 0 aromatic rings. The van der Waals surface area contributed by atoms with Crippen molar-refractivity contribution >= 4 is 0 Å². The minimum Gasteiger partial charge on any atom is -0.306 e. The monoisotopic (exact) mass is 171 g/mol. The van der Waals surface area contributed by atoms with Crippen molar-refractivity contribution in [2.24, 2.45) is 5.92 Å². The summed E-state index contributed by atoms with van der Waals surface area (Å²) >= 11 is 0. The maximum atomic E-state index is 2.37. The van der Waals surface area contributed by atoms with Crippen molar-refractivity contribution in [3.05, 3.63) is 0 Å². The van der Waals surface area contributed by atoms with Gasteiger partial charge in [0, 0.05) is 6.04 Å². The van der Waals surface area contributed by atoms with E-state index in [1.54, 1.807) is 0 Å². The normalized spacial score (nSPS) is 14.2. The fraction of sp³-hybridized carbons (Fsp3) is 1.00. The highest BCUT2D eigenvalue weighted by atomic mass is 15.1. The quantitative estimate of drug-likeness (QED) is 0.593. The molecule has 0 rings (SSSR count). The zero-order valence-corrected chi connectivity index (χ0v) is 9.43. The summed E-state index contributed by atoms with van der Waals surface area (Å²) in [5.41, 5.74) is 0. The predicted octanol–water partition coefficient (Wildman–Crippen LogP) is 3.15. The second kappa shape index (κ2) is 6.47. The molecule has 1 unspecified atom stereocenters. The lowest BCUT2D eigenvalue weighted by molar-refractivity contribution is 0.250. The summed E-state index contributed by atoms with van der Waals surface area (Å²) in [6.07, 6.45) is 5.38. The van der Waals surface area contributed by atoms with E-state index in [0.29, 0.717) is 0 Å². The van der Waals surface area contributed by atoms with Crippen LogP contribution in [0.25, 0.3) is 0 Å². The van der Waals surface area contributed by atoms with Gasteiger partial charge in [-0.15, -0.1) is 0 Å². The van der Waals surface area contributed by atoms with Crippen LogP contribution in [-0.4, -0.2) is 25.0 Å². The fourth-order valence-corrected chi connectivity index (χ4v) is 1.52. The molecule has 0 aliphatic rings. The van der Waals surface area contributed by atoms with Gasteiger partial charge in [-0.25, -0.2) is 0 Å². The van der Waals surface area contributed by atoms with Crippen LogP contribution in [0.3, 0.4) is 0 Å². The Kier molecular flexibility index (Phi) is 6.45. The number of rotatable bonds is 6. The van der Waals surface area contributed by atoms with E-state index in [1.807, 2.05) is 0 Å². The molecule has 0 saturated heterocycles. The lowest BCUT2D eigenvalue weighted by Gasteiger charge is -2.24. The molecule has 0 heterocycles. The Morgan fingerprint density at radius 2 is 1.58 bits per heavy atom. The molecule has 0 amide bonds. The van der Waals surface area contributed by atoms with Gasteiger partial charge in [0.25, 0.3) is 0 Å². The minimum atomic E-state index is 0.803. The van der Waals surface area contributed by atoms with Crippen LogP contribution in [0.15, 0.2) is 0 Å². The maximum Gasteiger partial charge on any atom is 0.00891 e. The molecule has 0 N–H and O–H groups in total. The third-order valence-corrected chi connectivity index (χ3v) is 2.43. The van der Waals surface area contributed by atoms with E-state index in [0.717, 1.165) is 12.0 Å². The van der Waals surface area contributed by atoms with Crippen molar-refractivity contribution in [3.8, 4) is 0 Å². The Balaban J connectivity index is 3.63. The smallest absolute Gasteiger partial charge is 0.00891 e. The van der Waals surface area contributed by atoms with Gasteiger partial charge in [-0.3, -0.25) is 0 Å². The highest BCUT2D eigenvalue weighted by Crippen LogP contribution is 2.13. The van der Waals surface area contributed by atoms with E-state index in [2.05, 4.69) is 39.8 Å². The topological polar surface area (TPSA) is 3.24 Å². The molecule has 0 radical (unpaired) electrons. The van der Waals surface area contributed by atoms with Crippen LogP contribution in [0.2, 0.25) is 0 Å². The van der Waals surface area contributed by atoms with Gasteiger partial charge in [0.1, 0.15) is 0 Å². The van der Waals surface area contributed by atoms with Gasteiger partial charge in [0.2, 0.25) is 0 Å². The van der Waals surface area contributed by atoms with Crippen LogP contribution >= 0.6 is 0 Å². The van der Waals surface area contributed by atoms with E-state index < -0.39 is 0 Å². The van der Waals surface area contributed by atoms with Crippen LogP contribution in [0.5, 0.6) is 0 Å². The van der Waals surface area contributed by atoms with E-state index in [1.165, 1.54) is 25.7 Å². The summed E-state index contributed by atoms with van der Waals surface area (Å²) in [4.78, 5) is 2.37. The molecule has 0 saturated carbocycles. The standard InChI is InChI=1S/C11H25N/c1-6-7-11(12(4)5)9-8-10(2)3/h10-11H,6-9H2,1-5H3. The molecule has 0 aliphatic carbocycles. The van der Waals surface area contributed by atoms with E-state index >= 15 is 0 Å². The summed E-state index contributed by atoms with van der Waals surface area (Å²) in [6.45, 7) is 6.88. The molecule has 1 heteroatoms. The molecular formula is C11H25N. The lowest BCUT2D eigenvalue weighted by Crippen LogP contribution is -2.27. The Bertz CT molecular complexity index is 97.2. The van der Waals surface area contributed by atoms with Gasteiger partial charge in [-0.1, -0.05) is 27.2 Å². The van der Waals surface area contributed by atoms with Crippen molar-refractivity contribution in [1.82, 2.24) is 4.90 Å². The maximum absolute atomic E-state index is 2.37. The third-order valence-electron chi connectivity index (χ3n) is 2.43. The van der Waals surface area contributed by atoms with Crippen molar-refractivity contribution in [2.75, 3.05) is 14.1 Å². The van der Waals surface area contributed by atoms with Crippen LogP contribution < -0.4 is 0 Å². The van der Waals surface area contributed by atoms with Gasteiger partial charge in [-0.05, 0) is 39.3 Å². The summed E-state index contributed by atoms with van der Waals surface area (Å²) in [5.74, 6) is 0.851. The second-order valence-electron chi connectivity index (χ2n) is 4.38. The Hall–Kier alpha value is -0.0400. The van der Waals surface area contributed by atoms with Crippen molar-refractivity contribution in [1.29, 1.82) is 0 Å². The van der Waals surface area contributed by atoms with Gasteiger partial charge in [-0.2, -0.15) is 0 Å². The molecule has 0 spiro atoms. The highest BCUT2D eigenvalue weighted by molar-refractivity contribution is 4.66. The van der Waals surface area contributed by atoms with E-state index in [4.69, 9.17) is 0 Å². The zero-order chi connectivity index (χ0) is 9.56. The Morgan fingerprint density at radius 1 is 1.00 bits per heavy atom. The first-order valence-electron chi connectivity index (χ1n) is 5.24. The van der Waals surface area contributed by atoms with Crippen molar-refractivity contribution < 1.29 is 0 Å². The lowest BCUT2D eigenvalue weighted by atomic mass is 10.00. The Morgan fingerprint density at radius 3 is 1.92 bits per heavy atom. The Labute approximate surface area is 78.1 Å². The molecule has 1 atom stereocenters. The van der Waals surface area contributed by atoms with E-state index in [-0.39, 0.29) is 0 Å². The SMILES string of the molecule is CCCC(CCC(C)C)N(C)C. The van der Waals surface area contributed by atoms with Gasteiger partial charge < -0.3 is 4.90 Å². The number of hydrogen-bond acceptors (Lipinski definition) is 1. The zero-order valence-electron chi connectivity index (χ0n) is 9.43. The van der Waals surface area contributed by atoms with Crippen LogP contribution in [0.1, 0.15) is 46.5 Å². The molecule has 0 aromatic heterocycles. The second-order valence-corrected chi connectivity index (χ2v) is 4.38. The first-order chi connectivity index (χ1) is 5.57. The predicted molar refractivity (Wildman–Crippen MR) is 56.5 cm³/mol. The third kappa shape index (κ3) is 5.59. The molecule has 1 nitrogen and oxygen atoms in total. The largest absolute Gasteiger partial charge is 0.306 e. The molecule has 0 aliphatic heterocycles. The van der Waals surface area contributed by atoms with Crippen molar-refractivity contribution in [2.45, 2.75) is 52.5 Å². The first-order valence-corrected chi connectivity index (χ1v) is 5.24. The highest BCUT2D eigenvalue weighted by Gasteiger charge is 2.10. The molecule has 0 fully saturated rings. The van der Waals surface area contributed by atoms with Crippen LogP contribution in [0, 0.1) is 5.92 Å². The van der Waals surface area contributed by atoms with Gasteiger partial charge in [0.05, 0.1) is 0 Å². The summed E-state index contributed by atoms with van der Waals surface area (Å²) < 4.78 is 0. The molecular weight excluding hydrogens is 146 g/mol. The number of hydrogen-bond donors (Lipinski definition) is 0. The van der Waals surface area contributed by atoms with Crippen LogP contribution in [-0.2, 0) is 0 Å². The van der Waals surface area contributed by atoms with Gasteiger partial charge in [0.15, 0.2) is 0 Å². The average Bonchev–Trinajstić information content (AvgIpc) is 1.96. The molecule has 0 bridgehead atoms. The molecule has 74 valence electrons. The summed E-state index contributed by atoms with van der Waals surface area (Å²) in [6, 6.07) is 0.803. The fourth-order valence-electron chi connectivity index (χ4n) is 1.52. The minimum absolute atomic E-state index is 0.803. The van der Waals surface area contributed by atoms with E-state index in [9.17, 15) is 0 Å². The van der Waals surface area contributed by atoms with Gasteiger partial charge >= 0.3 is 0 Å². The number of nitrogens with zero attached hydrogens (tertiary/aromatic N) is 1. The first kappa shape index (κ1) is 12.0. The summed E-state index contributed by atoms with van der Waals surface area (Å²) in [7, 11) is 4.39. The van der Waals surface area contributed by atoms with Crippen LogP contribution in [0.4, 0.5) is 0 Å². The molecule has 12 heavy (non-hydrogen) atoms. The average molecular weight is 171 g/mol. The molecule has 0 aromatic carbocycles. The van der Waals surface area contributed by atoms with Crippen molar-refractivity contribution in [3.63, 3.8) is 0 Å².